The molecule has 0 radical (unpaired) electrons. The van der Waals surface area contributed by atoms with Gasteiger partial charge in [-0.05, 0) is 25.7 Å². The number of amidine groups is 1. The average molecular weight is 241 g/mol. The number of aliphatic hydroxyl groups is 1. The number of nitrogens with two attached hydrogens (primary N) is 1. The number of β-amino-alcohol motifs (C(OH)–C–C–N with tert-alkyl or cyclic N) is 1. The van der Waals surface area contributed by atoms with Gasteiger partial charge in [-0.1, -0.05) is 11.6 Å². The first-order valence-electron chi connectivity index (χ1n) is 6.05. The number of piperidine rings is 1. The minimum absolute atomic E-state index is 0.00816. The Kier molecular flexibility index (Phi) is 3.24. The summed E-state index contributed by atoms with van der Waals surface area (Å²) in [5, 5.41) is 21.4. The van der Waals surface area contributed by atoms with E-state index in [1.165, 1.54) is 0 Å². The van der Waals surface area contributed by atoms with Crippen molar-refractivity contribution in [1.82, 2.24) is 4.90 Å². The minimum Gasteiger partial charge on any atom is -0.409 e. The van der Waals surface area contributed by atoms with E-state index in [2.05, 4.69) is 5.16 Å². The summed E-state index contributed by atoms with van der Waals surface area (Å²) < 4.78 is 0. The van der Waals surface area contributed by atoms with Crippen molar-refractivity contribution in [2.45, 2.75) is 38.2 Å². The van der Waals surface area contributed by atoms with Crippen LogP contribution in [0.25, 0.3) is 0 Å². The molecule has 2 fully saturated rings. The first-order valence-corrected chi connectivity index (χ1v) is 6.05. The molecule has 1 saturated heterocycles. The van der Waals surface area contributed by atoms with Gasteiger partial charge in [0, 0.05) is 13.1 Å². The van der Waals surface area contributed by atoms with Crippen LogP contribution in [0.5, 0.6) is 0 Å². The predicted molar refractivity (Wildman–Crippen MR) is 61.5 cm³/mol. The molecule has 17 heavy (non-hydrogen) atoms. The molecule has 2 aliphatic rings. The fourth-order valence-corrected chi connectivity index (χ4v) is 2.65. The van der Waals surface area contributed by atoms with Crippen molar-refractivity contribution < 1.29 is 15.1 Å². The van der Waals surface area contributed by atoms with E-state index in [4.69, 9.17) is 10.9 Å². The lowest BCUT2D eigenvalue weighted by Crippen LogP contribution is -2.57. The van der Waals surface area contributed by atoms with Crippen molar-refractivity contribution in [3.8, 4) is 0 Å². The Morgan fingerprint density at radius 3 is 2.59 bits per heavy atom. The van der Waals surface area contributed by atoms with Crippen LogP contribution in [-0.4, -0.2) is 46.1 Å². The second kappa shape index (κ2) is 4.52. The standard InChI is InChI=1S/C11H19N3O3/c12-9(13-17)11(4-2-5-11)10(16)14-6-1-3-8(15)7-14/h8,15,17H,1-7H2,(H2,12,13). The molecule has 1 aliphatic carbocycles. The maximum atomic E-state index is 12.4. The maximum absolute atomic E-state index is 12.4. The summed E-state index contributed by atoms with van der Waals surface area (Å²) in [6.45, 7) is 1.01. The predicted octanol–water partition coefficient (Wildman–Crippen LogP) is -0.114. The molecule has 0 spiro atoms. The Morgan fingerprint density at radius 2 is 2.12 bits per heavy atom. The highest BCUT2D eigenvalue weighted by atomic mass is 16.4. The molecule has 1 aliphatic heterocycles. The van der Waals surface area contributed by atoms with Crippen molar-refractivity contribution in [2.75, 3.05) is 13.1 Å². The van der Waals surface area contributed by atoms with Crippen molar-refractivity contribution in [2.24, 2.45) is 16.3 Å². The summed E-state index contributed by atoms with van der Waals surface area (Å²) in [6.07, 6.45) is 3.28. The molecule has 0 bridgehead atoms. The number of nitrogens with zero attached hydrogens (tertiary/aromatic N) is 2. The van der Waals surface area contributed by atoms with Gasteiger partial charge in [-0.2, -0.15) is 0 Å². The highest BCUT2D eigenvalue weighted by molar-refractivity contribution is 6.07. The third-order valence-corrected chi connectivity index (χ3v) is 3.90. The summed E-state index contributed by atoms with van der Waals surface area (Å²) in [6, 6.07) is 0. The van der Waals surface area contributed by atoms with Crippen LogP contribution < -0.4 is 5.73 Å². The number of rotatable bonds is 2. The van der Waals surface area contributed by atoms with Gasteiger partial charge < -0.3 is 20.9 Å². The summed E-state index contributed by atoms with van der Waals surface area (Å²) in [4.78, 5) is 14.0. The largest absolute Gasteiger partial charge is 0.409 e. The molecule has 1 atom stereocenters. The van der Waals surface area contributed by atoms with Gasteiger partial charge in [0.15, 0.2) is 5.84 Å². The molecule has 1 saturated carbocycles. The fraction of sp³-hybridized carbons (Fsp3) is 0.818. The summed E-state index contributed by atoms with van der Waals surface area (Å²) >= 11 is 0. The van der Waals surface area contributed by atoms with Gasteiger partial charge in [-0.3, -0.25) is 4.79 Å². The average Bonchev–Trinajstić information content (AvgIpc) is 2.27. The molecule has 96 valence electrons. The van der Waals surface area contributed by atoms with E-state index in [1.54, 1.807) is 4.90 Å². The lowest BCUT2D eigenvalue weighted by Gasteiger charge is -2.43. The normalized spacial score (nSPS) is 28.6. The maximum Gasteiger partial charge on any atom is 0.236 e. The first kappa shape index (κ1) is 12.2. The number of carbonyl (C=O) groups is 1. The number of amides is 1. The smallest absolute Gasteiger partial charge is 0.236 e. The molecule has 0 aromatic heterocycles. The number of aliphatic hydroxyl groups excluding tert-OH is 1. The Morgan fingerprint density at radius 1 is 1.41 bits per heavy atom. The molecule has 1 heterocycles. The SMILES string of the molecule is NC(=NO)C1(C(=O)N2CCCC(O)C2)CCC1. The number of oxime groups is 1. The molecule has 6 heteroatoms. The van der Waals surface area contributed by atoms with Crippen LogP contribution in [0, 0.1) is 5.41 Å². The lowest BCUT2D eigenvalue weighted by atomic mass is 9.66. The second-order valence-electron chi connectivity index (χ2n) is 4.97. The Labute approximate surface area is 100 Å². The van der Waals surface area contributed by atoms with Crippen LogP contribution >= 0.6 is 0 Å². The van der Waals surface area contributed by atoms with Crippen molar-refractivity contribution in [1.29, 1.82) is 0 Å². The van der Waals surface area contributed by atoms with Crippen LogP contribution in [0.4, 0.5) is 0 Å². The zero-order chi connectivity index (χ0) is 12.5. The molecule has 0 aromatic rings. The van der Waals surface area contributed by atoms with Crippen LogP contribution in [0.3, 0.4) is 0 Å². The van der Waals surface area contributed by atoms with Gasteiger partial charge in [0.25, 0.3) is 0 Å². The summed E-state index contributed by atoms with van der Waals surface area (Å²) in [5.74, 6) is -0.0911. The fourth-order valence-electron chi connectivity index (χ4n) is 2.65. The van der Waals surface area contributed by atoms with E-state index in [1.807, 2.05) is 0 Å². The van der Waals surface area contributed by atoms with E-state index in [0.29, 0.717) is 25.9 Å². The zero-order valence-corrected chi connectivity index (χ0v) is 9.80. The first-order chi connectivity index (χ1) is 8.10. The number of hydrogen-bond acceptors (Lipinski definition) is 4. The molecule has 0 aromatic carbocycles. The van der Waals surface area contributed by atoms with E-state index in [-0.39, 0.29) is 11.7 Å². The van der Waals surface area contributed by atoms with Gasteiger partial charge in [0.2, 0.25) is 5.91 Å². The minimum atomic E-state index is -0.814. The van der Waals surface area contributed by atoms with Gasteiger partial charge in [0.1, 0.15) is 5.41 Å². The highest BCUT2D eigenvalue weighted by Crippen LogP contribution is 2.43. The Balaban J connectivity index is 2.12. The second-order valence-corrected chi connectivity index (χ2v) is 4.97. The molecule has 6 nitrogen and oxygen atoms in total. The summed E-state index contributed by atoms with van der Waals surface area (Å²) in [7, 11) is 0. The van der Waals surface area contributed by atoms with E-state index in [9.17, 15) is 9.90 Å². The van der Waals surface area contributed by atoms with E-state index < -0.39 is 11.5 Å². The van der Waals surface area contributed by atoms with Crippen molar-refractivity contribution in [3.05, 3.63) is 0 Å². The molecular formula is C11H19N3O3. The van der Waals surface area contributed by atoms with Crippen molar-refractivity contribution in [3.63, 3.8) is 0 Å². The molecule has 2 rings (SSSR count). The van der Waals surface area contributed by atoms with Gasteiger partial charge >= 0.3 is 0 Å². The lowest BCUT2D eigenvalue weighted by molar-refractivity contribution is -0.145. The van der Waals surface area contributed by atoms with Gasteiger partial charge in [-0.15, -0.1) is 0 Å². The Hall–Kier alpha value is -1.30. The topological polar surface area (TPSA) is 99.2 Å². The van der Waals surface area contributed by atoms with Crippen LogP contribution in [-0.2, 0) is 4.79 Å². The van der Waals surface area contributed by atoms with Crippen molar-refractivity contribution >= 4 is 11.7 Å². The third-order valence-electron chi connectivity index (χ3n) is 3.90. The van der Waals surface area contributed by atoms with E-state index in [0.717, 1.165) is 19.3 Å². The molecule has 4 N–H and O–H groups in total. The quantitative estimate of drug-likeness (QED) is 0.272. The molecule has 1 unspecified atom stereocenters. The number of likely N-dealkylation sites (tertiary alicyclic amines) is 1. The summed E-state index contributed by atoms with van der Waals surface area (Å²) in [5.41, 5.74) is 4.83. The van der Waals surface area contributed by atoms with Crippen LogP contribution in [0.15, 0.2) is 5.16 Å². The number of hydrogen-bond donors (Lipinski definition) is 3. The number of carbonyl (C=O) groups excluding carboxylic acids is 1. The van der Waals surface area contributed by atoms with Gasteiger partial charge in [0.05, 0.1) is 6.10 Å². The monoisotopic (exact) mass is 241 g/mol. The van der Waals surface area contributed by atoms with E-state index >= 15 is 0 Å². The van der Waals surface area contributed by atoms with Crippen LogP contribution in [0.2, 0.25) is 0 Å². The third kappa shape index (κ3) is 1.97. The van der Waals surface area contributed by atoms with Crippen LogP contribution in [0.1, 0.15) is 32.1 Å². The molecular weight excluding hydrogens is 222 g/mol. The zero-order valence-electron chi connectivity index (χ0n) is 9.80. The molecule has 1 amide bonds. The Bertz CT molecular complexity index is 339. The van der Waals surface area contributed by atoms with Gasteiger partial charge in [-0.25, -0.2) is 0 Å². The highest BCUT2D eigenvalue weighted by Gasteiger charge is 2.50.